The number of ketones is 1. The maximum atomic E-state index is 13.1. The van der Waals surface area contributed by atoms with Gasteiger partial charge < -0.3 is 10.0 Å². The minimum Gasteiger partial charge on any atom is -0.507 e. The number of carbonyl (C=O) groups excluding carboxylic acids is 2. The number of pyridine rings is 2. The summed E-state index contributed by atoms with van der Waals surface area (Å²) in [6.45, 7) is 0.175. The van der Waals surface area contributed by atoms with E-state index in [2.05, 4.69) is 9.97 Å². The Kier molecular flexibility index (Phi) is 4.95. The minimum atomic E-state index is -0.803. The van der Waals surface area contributed by atoms with Gasteiger partial charge >= 0.3 is 0 Å². The summed E-state index contributed by atoms with van der Waals surface area (Å²) in [6, 6.07) is 21.3. The largest absolute Gasteiger partial charge is 0.507 e. The molecule has 1 amide bonds. The number of carbonyl (C=O) groups is 2. The molecule has 0 saturated carbocycles. The Morgan fingerprint density at radius 3 is 2.47 bits per heavy atom. The van der Waals surface area contributed by atoms with E-state index in [4.69, 9.17) is 0 Å². The Bertz CT molecular complexity index is 1350. The van der Waals surface area contributed by atoms with E-state index in [1.807, 2.05) is 42.5 Å². The number of amides is 1. The van der Waals surface area contributed by atoms with Gasteiger partial charge in [-0.1, -0.05) is 48.5 Å². The molecule has 0 aliphatic carbocycles. The van der Waals surface area contributed by atoms with Crippen LogP contribution in [0.3, 0.4) is 0 Å². The molecule has 1 atom stereocenters. The summed E-state index contributed by atoms with van der Waals surface area (Å²) in [7, 11) is 0. The average molecular weight is 421 g/mol. The van der Waals surface area contributed by atoms with E-state index < -0.39 is 17.7 Å². The number of hydrogen-bond donors (Lipinski definition) is 1. The second-order valence-corrected chi connectivity index (χ2v) is 7.60. The molecule has 4 aromatic rings. The third-order valence-electron chi connectivity index (χ3n) is 5.61. The van der Waals surface area contributed by atoms with Crippen LogP contribution < -0.4 is 0 Å². The van der Waals surface area contributed by atoms with Gasteiger partial charge in [0.25, 0.3) is 11.7 Å². The molecule has 1 unspecified atom stereocenters. The van der Waals surface area contributed by atoms with Crippen LogP contribution in [0.25, 0.3) is 16.5 Å². The topological polar surface area (TPSA) is 83.4 Å². The zero-order chi connectivity index (χ0) is 22.1. The molecule has 156 valence electrons. The number of benzene rings is 2. The third kappa shape index (κ3) is 3.41. The van der Waals surface area contributed by atoms with Crippen LogP contribution in [0, 0.1) is 0 Å². The van der Waals surface area contributed by atoms with Crippen LogP contribution in [0.4, 0.5) is 0 Å². The van der Waals surface area contributed by atoms with Gasteiger partial charge in [0.1, 0.15) is 11.8 Å². The minimum absolute atomic E-state index is 0.0351. The molecule has 1 aliphatic rings. The number of aromatic nitrogens is 2. The molecular formula is C26H19N3O3. The maximum absolute atomic E-state index is 13.1. The molecular weight excluding hydrogens is 402 g/mol. The number of fused-ring (bicyclic) bond motifs is 1. The highest BCUT2D eigenvalue weighted by Gasteiger charge is 2.46. The first-order valence-corrected chi connectivity index (χ1v) is 10.2. The van der Waals surface area contributed by atoms with Crippen LogP contribution in [0.1, 0.15) is 22.9 Å². The monoisotopic (exact) mass is 421 g/mol. The van der Waals surface area contributed by atoms with Crippen molar-refractivity contribution in [2.45, 2.75) is 12.6 Å². The summed E-state index contributed by atoms with van der Waals surface area (Å²) in [5.41, 5.74) is 1.80. The van der Waals surface area contributed by atoms with Crippen molar-refractivity contribution in [1.29, 1.82) is 0 Å². The first-order chi connectivity index (χ1) is 15.6. The van der Waals surface area contributed by atoms with Gasteiger partial charge in [-0.05, 0) is 40.6 Å². The molecule has 2 aromatic carbocycles. The smallest absolute Gasteiger partial charge is 0.296 e. The normalized spacial score (nSPS) is 17.8. The zero-order valence-corrected chi connectivity index (χ0v) is 17.1. The number of rotatable bonds is 4. The highest BCUT2D eigenvalue weighted by molar-refractivity contribution is 6.46. The van der Waals surface area contributed by atoms with Crippen molar-refractivity contribution >= 4 is 28.2 Å². The van der Waals surface area contributed by atoms with Crippen molar-refractivity contribution in [3.05, 3.63) is 114 Å². The standard InChI is InChI=1S/C26H19N3O3/c30-24(20-11-10-18-7-1-2-8-19(18)14-20)22-23(21-9-3-4-13-28-21)29(26(32)25(22)31)16-17-6-5-12-27-15-17/h1-15,23,30H,16H2/b24-22-. The highest BCUT2D eigenvalue weighted by atomic mass is 16.3. The van der Waals surface area contributed by atoms with Crippen LogP contribution in [0.5, 0.6) is 0 Å². The van der Waals surface area contributed by atoms with Crippen LogP contribution in [0.15, 0.2) is 97.0 Å². The molecule has 1 fully saturated rings. The molecule has 32 heavy (non-hydrogen) atoms. The number of likely N-dealkylation sites (tertiary alicyclic amines) is 1. The second kappa shape index (κ2) is 8.07. The number of aliphatic hydroxyl groups excluding tert-OH is 1. The molecule has 6 nitrogen and oxygen atoms in total. The molecule has 0 spiro atoms. The third-order valence-corrected chi connectivity index (χ3v) is 5.61. The van der Waals surface area contributed by atoms with E-state index in [0.29, 0.717) is 11.3 Å². The summed E-state index contributed by atoms with van der Waals surface area (Å²) in [5.74, 6) is -1.61. The fourth-order valence-corrected chi connectivity index (χ4v) is 4.07. The summed E-state index contributed by atoms with van der Waals surface area (Å²) in [6.07, 6.45) is 4.90. The lowest BCUT2D eigenvalue weighted by atomic mass is 9.97. The first kappa shape index (κ1) is 19.6. The molecule has 0 bridgehead atoms. The SMILES string of the molecule is O=C1C(=O)N(Cc2cccnc2)C(c2ccccn2)/C1=C(/O)c1ccc2ccccc2c1. The molecule has 0 radical (unpaired) electrons. The van der Waals surface area contributed by atoms with Gasteiger partial charge in [0.05, 0.1) is 11.3 Å². The molecule has 2 aromatic heterocycles. The van der Waals surface area contributed by atoms with E-state index in [1.54, 1.807) is 48.9 Å². The van der Waals surface area contributed by atoms with Crippen LogP contribution in [0.2, 0.25) is 0 Å². The van der Waals surface area contributed by atoms with E-state index >= 15 is 0 Å². The predicted molar refractivity (Wildman–Crippen MR) is 120 cm³/mol. The van der Waals surface area contributed by atoms with Gasteiger partial charge in [-0.15, -0.1) is 0 Å². The van der Waals surface area contributed by atoms with Gasteiger partial charge in [0, 0.05) is 30.7 Å². The fourth-order valence-electron chi connectivity index (χ4n) is 4.07. The highest BCUT2D eigenvalue weighted by Crippen LogP contribution is 2.39. The van der Waals surface area contributed by atoms with Crippen LogP contribution in [-0.4, -0.2) is 31.7 Å². The van der Waals surface area contributed by atoms with Gasteiger partial charge in [0.15, 0.2) is 0 Å². The Labute approximate surface area is 184 Å². The van der Waals surface area contributed by atoms with Gasteiger partial charge in [0.2, 0.25) is 0 Å². The molecule has 1 aliphatic heterocycles. The fraction of sp³-hybridized carbons (Fsp3) is 0.0769. The van der Waals surface area contributed by atoms with Crippen LogP contribution in [-0.2, 0) is 16.1 Å². The van der Waals surface area contributed by atoms with Gasteiger partial charge in [-0.3, -0.25) is 19.6 Å². The lowest BCUT2D eigenvalue weighted by Crippen LogP contribution is -2.29. The first-order valence-electron chi connectivity index (χ1n) is 10.2. The summed E-state index contributed by atoms with van der Waals surface area (Å²) < 4.78 is 0. The van der Waals surface area contributed by atoms with Crippen LogP contribution >= 0.6 is 0 Å². The van der Waals surface area contributed by atoms with Gasteiger partial charge in [-0.25, -0.2) is 0 Å². The molecule has 1 N–H and O–H groups in total. The Morgan fingerprint density at radius 1 is 0.906 bits per heavy atom. The van der Waals surface area contributed by atoms with Crippen molar-refractivity contribution in [3.63, 3.8) is 0 Å². The van der Waals surface area contributed by atoms with Crippen molar-refractivity contribution in [2.75, 3.05) is 0 Å². The molecule has 3 heterocycles. The quantitative estimate of drug-likeness (QED) is 0.303. The van der Waals surface area contributed by atoms with Crippen molar-refractivity contribution in [2.24, 2.45) is 0 Å². The molecule has 1 saturated heterocycles. The lowest BCUT2D eigenvalue weighted by molar-refractivity contribution is -0.140. The van der Waals surface area contributed by atoms with E-state index in [9.17, 15) is 14.7 Å². The van der Waals surface area contributed by atoms with Gasteiger partial charge in [-0.2, -0.15) is 0 Å². The summed E-state index contributed by atoms with van der Waals surface area (Å²) in [4.78, 5) is 36.1. The number of aliphatic hydroxyl groups is 1. The molecule has 6 heteroatoms. The Morgan fingerprint density at radius 2 is 1.72 bits per heavy atom. The lowest BCUT2D eigenvalue weighted by Gasteiger charge is -2.24. The van der Waals surface area contributed by atoms with E-state index in [0.717, 1.165) is 16.3 Å². The predicted octanol–water partition coefficient (Wildman–Crippen LogP) is 4.25. The molecule has 5 rings (SSSR count). The Balaban J connectivity index is 1.66. The second-order valence-electron chi connectivity index (χ2n) is 7.60. The maximum Gasteiger partial charge on any atom is 0.296 e. The average Bonchev–Trinajstić information content (AvgIpc) is 3.09. The summed E-state index contributed by atoms with van der Waals surface area (Å²) >= 11 is 0. The number of hydrogen-bond acceptors (Lipinski definition) is 5. The van der Waals surface area contributed by atoms with Crippen molar-refractivity contribution in [3.8, 4) is 0 Å². The number of nitrogens with zero attached hydrogens (tertiary/aromatic N) is 3. The zero-order valence-electron chi connectivity index (χ0n) is 17.1. The van der Waals surface area contributed by atoms with Crippen molar-refractivity contribution in [1.82, 2.24) is 14.9 Å². The van der Waals surface area contributed by atoms with E-state index in [-0.39, 0.29) is 17.9 Å². The van der Waals surface area contributed by atoms with Crippen molar-refractivity contribution < 1.29 is 14.7 Å². The Hall–Kier alpha value is -4.32. The summed E-state index contributed by atoms with van der Waals surface area (Å²) in [5, 5.41) is 13.2. The number of Topliss-reactive ketones (excluding diaryl/α,β-unsaturated/α-hetero) is 1. The van der Waals surface area contributed by atoms with E-state index in [1.165, 1.54) is 4.90 Å².